The fraction of sp³-hybridized carbons (Fsp3) is 0.750. The molecule has 3 atom stereocenters. The van der Waals surface area contributed by atoms with Crippen LogP contribution in [-0.2, 0) is 4.43 Å². The summed E-state index contributed by atoms with van der Waals surface area (Å²) in [5.74, 6) is 0. The van der Waals surface area contributed by atoms with Crippen molar-refractivity contribution in [2.24, 2.45) is 0 Å². The summed E-state index contributed by atoms with van der Waals surface area (Å²) >= 11 is 0.211. The van der Waals surface area contributed by atoms with E-state index in [9.17, 15) is 10.2 Å². The van der Waals surface area contributed by atoms with Crippen molar-refractivity contribution in [3.05, 3.63) is 30.3 Å². The van der Waals surface area contributed by atoms with Crippen LogP contribution in [0.2, 0.25) is 21.4 Å². The first-order valence-electron chi connectivity index (χ1n) is 11.4. The molecule has 0 aromatic heterocycles. The molecule has 5 heteroatoms. The van der Waals surface area contributed by atoms with Gasteiger partial charge in [-0.1, -0.05) is 0 Å². The molecular formula is C24H44O3SeSi. The van der Waals surface area contributed by atoms with Gasteiger partial charge < -0.3 is 0 Å². The van der Waals surface area contributed by atoms with Gasteiger partial charge in [-0.3, -0.25) is 0 Å². The minimum atomic E-state index is -1.99. The summed E-state index contributed by atoms with van der Waals surface area (Å²) in [6.45, 7) is 16.1. The number of benzene rings is 1. The third-order valence-electron chi connectivity index (χ3n) is 6.05. The Morgan fingerprint density at radius 2 is 1.48 bits per heavy atom. The summed E-state index contributed by atoms with van der Waals surface area (Å²) in [4.78, 5) is 0.238. The van der Waals surface area contributed by atoms with Crippen LogP contribution in [0.5, 0.6) is 0 Å². The Morgan fingerprint density at radius 1 is 0.931 bits per heavy atom. The van der Waals surface area contributed by atoms with E-state index < -0.39 is 20.5 Å². The molecule has 3 nitrogen and oxygen atoms in total. The zero-order chi connectivity index (χ0) is 22.0. The maximum absolute atomic E-state index is 10.9. The summed E-state index contributed by atoms with van der Waals surface area (Å²) in [6, 6.07) is 10.5. The van der Waals surface area contributed by atoms with Gasteiger partial charge in [-0.15, -0.1) is 0 Å². The van der Waals surface area contributed by atoms with Gasteiger partial charge in [0.25, 0.3) is 0 Å². The Morgan fingerprint density at radius 3 is 1.97 bits per heavy atom. The average molecular weight is 488 g/mol. The van der Waals surface area contributed by atoms with Gasteiger partial charge >= 0.3 is 187 Å². The minimum absolute atomic E-state index is 0.211. The third-order valence-corrected chi connectivity index (χ3v) is 15.1. The summed E-state index contributed by atoms with van der Waals surface area (Å²) in [7, 11) is -1.99. The molecule has 0 amide bonds. The predicted octanol–water partition coefficient (Wildman–Crippen LogP) is 5.30. The molecule has 0 heterocycles. The molecule has 0 aliphatic heterocycles. The molecule has 168 valence electrons. The molecule has 1 aromatic carbocycles. The molecule has 0 aliphatic rings. The van der Waals surface area contributed by atoms with E-state index in [1.54, 1.807) is 0 Å². The second kappa shape index (κ2) is 13.3. The first-order chi connectivity index (χ1) is 13.6. The molecule has 0 saturated heterocycles. The zero-order valence-corrected chi connectivity index (χ0v) is 22.3. The van der Waals surface area contributed by atoms with E-state index in [4.69, 9.17) is 4.43 Å². The van der Waals surface area contributed by atoms with Crippen molar-refractivity contribution in [2.75, 3.05) is 6.61 Å². The molecular weight excluding hydrogens is 443 g/mol. The first kappa shape index (κ1) is 26.9. The molecule has 1 rings (SSSR count). The van der Waals surface area contributed by atoms with Crippen LogP contribution < -0.4 is 4.46 Å². The molecule has 29 heavy (non-hydrogen) atoms. The topological polar surface area (TPSA) is 49.7 Å². The first-order valence-corrected chi connectivity index (χ1v) is 15.3. The van der Waals surface area contributed by atoms with Crippen LogP contribution in [0.3, 0.4) is 0 Å². The second-order valence-electron chi connectivity index (χ2n) is 9.20. The summed E-state index contributed by atoms with van der Waals surface area (Å²) in [5.41, 5.74) is 1.50. The number of hydrogen-bond donors (Lipinski definition) is 2. The fourth-order valence-corrected chi connectivity index (χ4v) is 12.7. The van der Waals surface area contributed by atoms with Crippen LogP contribution in [0.15, 0.2) is 30.3 Å². The van der Waals surface area contributed by atoms with Crippen LogP contribution >= 0.6 is 0 Å². The zero-order valence-electron chi connectivity index (χ0n) is 19.6. The van der Waals surface area contributed by atoms with Crippen molar-refractivity contribution in [1.82, 2.24) is 0 Å². The van der Waals surface area contributed by atoms with Gasteiger partial charge in [-0.2, -0.15) is 0 Å². The quantitative estimate of drug-likeness (QED) is 0.350. The van der Waals surface area contributed by atoms with E-state index in [0.29, 0.717) is 29.7 Å². The van der Waals surface area contributed by atoms with Crippen LogP contribution in [0.1, 0.15) is 74.1 Å². The van der Waals surface area contributed by atoms with Crippen LogP contribution in [0.4, 0.5) is 0 Å². The number of rotatable bonds is 14. The predicted molar refractivity (Wildman–Crippen MR) is 129 cm³/mol. The molecule has 0 bridgehead atoms. The Labute approximate surface area is 186 Å². The Hall–Kier alpha value is -0.164. The summed E-state index contributed by atoms with van der Waals surface area (Å²) in [5, 5.41) is 21.6. The van der Waals surface area contributed by atoms with Crippen molar-refractivity contribution in [2.45, 2.75) is 108 Å². The molecule has 2 N–H and O–H groups in total. The van der Waals surface area contributed by atoms with E-state index in [-0.39, 0.29) is 19.8 Å². The van der Waals surface area contributed by atoms with Gasteiger partial charge in [-0.25, -0.2) is 0 Å². The van der Waals surface area contributed by atoms with E-state index >= 15 is 0 Å². The molecule has 0 saturated carbocycles. The fourth-order valence-electron chi connectivity index (χ4n) is 4.65. The number of aliphatic hydroxyl groups is 2. The van der Waals surface area contributed by atoms with Crippen molar-refractivity contribution < 1.29 is 14.6 Å². The molecule has 0 spiro atoms. The van der Waals surface area contributed by atoms with Crippen LogP contribution in [0.25, 0.3) is 0 Å². The Balaban J connectivity index is 2.74. The van der Waals surface area contributed by atoms with Gasteiger partial charge in [-0.05, 0) is 0 Å². The third kappa shape index (κ3) is 8.12. The van der Waals surface area contributed by atoms with Gasteiger partial charge in [0.1, 0.15) is 0 Å². The molecule has 0 radical (unpaired) electrons. The van der Waals surface area contributed by atoms with E-state index in [2.05, 4.69) is 72.7 Å². The Kier molecular flexibility index (Phi) is 12.3. The normalized spacial score (nSPS) is 15.9. The number of hydrogen-bond acceptors (Lipinski definition) is 3. The van der Waals surface area contributed by atoms with Crippen molar-refractivity contribution in [3.63, 3.8) is 0 Å². The Bertz CT molecular complexity index is 529. The molecule has 0 fully saturated rings. The maximum atomic E-state index is 10.9. The van der Waals surface area contributed by atoms with Gasteiger partial charge in [0.05, 0.1) is 0 Å². The number of unbranched alkanes of at least 4 members (excludes halogenated alkanes) is 1. The van der Waals surface area contributed by atoms with Crippen molar-refractivity contribution in [1.29, 1.82) is 0 Å². The van der Waals surface area contributed by atoms with Gasteiger partial charge in [0, 0.05) is 0 Å². The van der Waals surface area contributed by atoms with Gasteiger partial charge in [0.2, 0.25) is 0 Å². The molecule has 0 aliphatic carbocycles. The molecule has 1 aromatic rings. The SMILES string of the molecule is CCCC[C@@H]([Se]c1ccccc1)[C@H](O)C[C@@H](O)CO[Si](C(C)C)(C(C)C)C(C)C. The van der Waals surface area contributed by atoms with Gasteiger partial charge in [0.15, 0.2) is 0 Å². The van der Waals surface area contributed by atoms with E-state index in [0.717, 1.165) is 19.3 Å². The standard InChI is InChI=1S/C24H44O3SeSi/c1-8-9-15-24(28-22-13-11-10-12-14-22)23(26)16-21(25)17-27-29(18(2)3,19(4)5)20(6)7/h10-14,18-21,23-26H,8-9,15-17H2,1-7H3/t21-,23-,24-/m1/s1. The molecule has 0 unspecified atom stereocenters. The second-order valence-corrected chi connectivity index (χ2v) is 17.4. The van der Waals surface area contributed by atoms with Crippen molar-refractivity contribution >= 4 is 27.7 Å². The average Bonchev–Trinajstić information content (AvgIpc) is 2.65. The van der Waals surface area contributed by atoms with E-state index in [1.807, 2.05) is 6.07 Å². The number of aliphatic hydroxyl groups excluding tert-OH is 2. The van der Waals surface area contributed by atoms with Crippen LogP contribution in [0, 0.1) is 0 Å². The monoisotopic (exact) mass is 488 g/mol. The van der Waals surface area contributed by atoms with E-state index in [1.165, 1.54) is 4.46 Å². The van der Waals surface area contributed by atoms with Crippen LogP contribution in [-0.4, -0.2) is 52.3 Å². The summed E-state index contributed by atoms with van der Waals surface area (Å²) in [6.07, 6.45) is 2.58. The summed E-state index contributed by atoms with van der Waals surface area (Å²) < 4.78 is 7.86. The van der Waals surface area contributed by atoms with Crippen molar-refractivity contribution in [3.8, 4) is 0 Å².